The lowest BCUT2D eigenvalue weighted by Gasteiger charge is -2.32. The van der Waals surface area contributed by atoms with Gasteiger partial charge >= 0.3 is 0 Å². The second-order valence-electron chi connectivity index (χ2n) is 8.48. The van der Waals surface area contributed by atoms with Crippen LogP contribution >= 0.6 is 0 Å². The molecular formula is C29H31N3O4. The number of fused-ring (bicyclic) bond motifs is 1. The Balaban J connectivity index is 1.92. The Hall–Kier alpha value is -4.13. The van der Waals surface area contributed by atoms with Crippen molar-refractivity contribution in [3.8, 4) is 17.2 Å². The monoisotopic (exact) mass is 485 g/mol. The summed E-state index contributed by atoms with van der Waals surface area (Å²) in [5.74, 6) is 1.70. The third-order valence-electron chi connectivity index (χ3n) is 6.24. The lowest BCUT2D eigenvalue weighted by atomic mass is 10.1. The Kier molecular flexibility index (Phi) is 7.68. The number of benzene rings is 3. The summed E-state index contributed by atoms with van der Waals surface area (Å²) in [6.07, 6.45) is 1.34. The summed E-state index contributed by atoms with van der Waals surface area (Å²) in [5, 5.41) is 0.521. The molecule has 1 heterocycles. The molecule has 0 fully saturated rings. The molecule has 0 radical (unpaired) electrons. The third-order valence-corrected chi connectivity index (χ3v) is 6.24. The van der Waals surface area contributed by atoms with Crippen LogP contribution in [-0.4, -0.2) is 41.1 Å². The quantitative estimate of drug-likeness (QED) is 0.317. The molecule has 0 aliphatic rings. The summed E-state index contributed by atoms with van der Waals surface area (Å²) in [6.45, 7) is 4.55. The molecule has 36 heavy (non-hydrogen) atoms. The van der Waals surface area contributed by atoms with E-state index in [1.165, 1.54) is 0 Å². The first-order chi connectivity index (χ1) is 17.5. The average molecular weight is 486 g/mol. The van der Waals surface area contributed by atoms with Crippen LogP contribution in [0.5, 0.6) is 11.5 Å². The first-order valence-electron chi connectivity index (χ1n) is 12.1. The second kappa shape index (κ2) is 11.1. The lowest BCUT2D eigenvalue weighted by molar-refractivity contribution is 0.0659. The highest BCUT2D eigenvalue weighted by molar-refractivity contribution is 5.95. The average Bonchev–Trinajstić information content (AvgIpc) is 2.93. The summed E-state index contributed by atoms with van der Waals surface area (Å²) < 4.78 is 12.3. The second-order valence-corrected chi connectivity index (χ2v) is 8.48. The van der Waals surface area contributed by atoms with Gasteiger partial charge in [0.15, 0.2) is 0 Å². The van der Waals surface area contributed by atoms with Gasteiger partial charge in [-0.2, -0.15) is 0 Å². The fourth-order valence-electron chi connectivity index (χ4n) is 4.46. The molecule has 186 valence electrons. The van der Waals surface area contributed by atoms with Gasteiger partial charge in [-0.05, 0) is 67.4 Å². The first-order valence-corrected chi connectivity index (χ1v) is 12.1. The number of rotatable bonds is 9. The van der Waals surface area contributed by atoms with Crippen molar-refractivity contribution in [3.63, 3.8) is 0 Å². The van der Waals surface area contributed by atoms with E-state index >= 15 is 0 Å². The molecule has 1 atom stereocenters. The van der Waals surface area contributed by atoms with Gasteiger partial charge in [-0.25, -0.2) is 4.98 Å². The van der Waals surface area contributed by atoms with Gasteiger partial charge in [0, 0.05) is 12.1 Å². The van der Waals surface area contributed by atoms with E-state index in [2.05, 4.69) is 0 Å². The van der Waals surface area contributed by atoms with Crippen molar-refractivity contribution < 1.29 is 14.3 Å². The zero-order valence-electron chi connectivity index (χ0n) is 21.1. The minimum absolute atomic E-state index is 0.133. The number of methoxy groups -OCH3 is 2. The van der Waals surface area contributed by atoms with Crippen LogP contribution in [0.4, 0.5) is 0 Å². The van der Waals surface area contributed by atoms with Gasteiger partial charge in [0.2, 0.25) is 0 Å². The van der Waals surface area contributed by atoms with Crippen LogP contribution in [0.2, 0.25) is 0 Å². The van der Waals surface area contributed by atoms with E-state index in [-0.39, 0.29) is 11.5 Å². The van der Waals surface area contributed by atoms with Gasteiger partial charge in [-0.3, -0.25) is 14.2 Å². The predicted octanol–water partition coefficient (Wildman–Crippen LogP) is 5.41. The molecule has 1 aromatic heterocycles. The van der Waals surface area contributed by atoms with Crippen molar-refractivity contribution in [1.82, 2.24) is 14.5 Å². The molecule has 0 aliphatic carbocycles. The van der Waals surface area contributed by atoms with E-state index in [0.29, 0.717) is 52.4 Å². The minimum Gasteiger partial charge on any atom is -0.497 e. The molecule has 0 saturated carbocycles. The number of carbonyl (C=O) groups is 1. The molecule has 0 saturated heterocycles. The van der Waals surface area contributed by atoms with E-state index < -0.39 is 6.04 Å². The van der Waals surface area contributed by atoms with Crippen molar-refractivity contribution in [1.29, 1.82) is 0 Å². The standard InChI is InChI=1S/C29H31N3O4/c1-5-18-31(28(33)20-10-9-11-23(19-20)36-4)26(6-2)27-30-25-13-8-7-12-24(25)29(34)32(27)21-14-16-22(35-3)17-15-21/h7-17,19,26H,5-6,18H2,1-4H3/t26-/m0/s1. The topological polar surface area (TPSA) is 73.7 Å². The summed E-state index contributed by atoms with van der Waals surface area (Å²) in [6, 6.07) is 21.3. The molecule has 0 unspecified atom stereocenters. The maximum atomic E-state index is 13.8. The van der Waals surface area contributed by atoms with Crippen LogP contribution in [0, 0.1) is 0 Å². The van der Waals surface area contributed by atoms with Crippen LogP contribution in [0.3, 0.4) is 0 Å². The summed E-state index contributed by atoms with van der Waals surface area (Å²) in [7, 11) is 3.18. The molecular weight excluding hydrogens is 454 g/mol. The van der Waals surface area contributed by atoms with Crippen LogP contribution < -0.4 is 15.0 Å². The Labute approximate surface area is 210 Å². The number of nitrogens with zero attached hydrogens (tertiary/aromatic N) is 3. The number of aromatic nitrogens is 2. The van der Waals surface area contributed by atoms with Crippen LogP contribution in [0.15, 0.2) is 77.6 Å². The summed E-state index contributed by atoms with van der Waals surface area (Å²) >= 11 is 0. The van der Waals surface area contributed by atoms with E-state index in [9.17, 15) is 9.59 Å². The normalized spacial score (nSPS) is 11.8. The highest BCUT2D eigenvalue weighted by Gasteiger charge is 2.29. The smallest absolute Gasteiger partial charge is 0.266 e. The zero-order chi connectivity index (χ0) is 25.7. The largest absolute Gasteiger partial charge is 0.497 e. The van der Waals surface area contributed by atoms with Crippen molar-refractivity contribution in [2.45, 2.75) is 32.7 Å². The van der Waals surface area contributed by atoms with Gasteiger partial charge in [0.05, 0.1) is 36.9 Å². The Morgan fingerprint density at radius 2 is 1.67 bits per heavy atom. The molecule has 7 nitrogen and oxygen atoms in total. The lowest BCUT2D eigenvalue weighted by Crippen LogP contribution is -2.39. The number of amides is 1. The third kappa shape index (κ3) is 4.82. The summed E-state index contributed by atoms with van der Waals surface area (Å²) in [5.41, 5.74) is 1.62. The van der Waals surface area contributed by atoms with Gasteiger partial charge in [0.25, 0.3) is 11.5 Å². The fourth-order valence-corrected chi connectivity index (χ4v) is 4.46. The van der Waals surface area contributed by atoms with Gasteiger partial charge in [-0.1, -0.05) is 32.0 Å². The van der Waals surface area contributed by atoms with Gasteiger partial charge < -0.3 is 14.4 Å². The van der Waals surface area contributed by atoms with Crippen LogP contribution in [0.25, 0.3) is 16.6 Å². The van der Waals surface area contributed by atoms with E-state index in [0.717, 1.165) is 6.42 Å². The molecule has 1 amide bonds. The van der Waals surface area contributed by atoms with Crippen molar-refractivity contribution in [3.05, 3.63) is 94.5 Å². The van der Waals surface area contributed by atoms with Gasteiger partial charge in [-0.15, -0.1) is 0 Å². The van der Waals surface area contributed by atoms with E-state index in [1.54, 1.807) is 43.1 Å². The Bertz CT molecular complexity index is 1410. The number of ether oxygens (including phenoxy) is 2. The molecule has 4 rings (SSSR count). The van der Waals surface area contributed by atoms with E-state index in [4.69, 9.17) is 14.5 Å². The minimum atomic E-state index is -0.428. The Morgan fingerprint density at radius 3 is 2.33 bits per heavy atom. The number of para-hydroxylation sites is 1. The molecule has 4 aromatic rings. The molecule has 7 heteroatoms. The fraction of sp³-hybridized carbons (Fsp3) is 0.276. The molecule has 0 N–H and O–H groups in total. The zero-order valence-corrected chi connectivity index (χ0v) is 21.1. The molecule has 3 aromatic carbocycles. The SMILES string of the molecule is CCCN(C(=O)c1cccc(OC)c1)[C@@H](CC)c1nc2ccccc2c(=O)n1-c1ccc(OC)cc1. The maximum absolute atomic E-state index is 13.8. The number of hydrogen-bond donors (Lipinski definition) is 0. The Morgan fingerprint density at radius 1 is 0.944 bits per heavy atom. The van der Waals surface area contributed by atoms with Crippen LogP contribution in [0.1, 0.15) is 48.9 Å². The molecule has 0 spiro atoms. The predicted molar refractivity (Wildman–Crippen MR) is 141 cm³/mol. The van der Waals surface area contributed by atoms with Crippen molar-refractivity contribution >= 4 is 16.8 Å². The van der Waals surface area contributed by atoms with E-state index in [1.807, 2.05) is 67.3 Å². The number of hydrogen-bond acceptors (Lipinski definition) is 5. The highest BCUT2D eigenvalue weighted by atomic mass is 16.5. The first kappa shape index (κ1) is 25.0. The number of carbonyl (C=O) groups excluding carboxylic acids is 1. The molecule has 0 bridgehead atoms. The molecule has 0 aliphatic heterocycles. The maximum Gasteiger partial charge on any atom is 0.266 e. The van der Waals surface area contributed by atoms with Crippen molar-refractivity contribution in [2.75, 3.05) is 20.8 Å². The highest BCUT2D eigenvalue weighted by Crippen LogP contribution is 2.29. The van der Waals surface area contributed by atoms with Gasteiger partial charge in [0.1, 0.15) is 17.3 Å². The summed E-state index contributed by atoms with van der Waals surface area (Å²) in [4.78, 5) is 34.4. The van der Waals surface area contributed by atoms with Crippen LogP contribution in [-0.2, 0) is 0 Å². The van der Waals surface area contributed by atoms with Crippen molar-refractivity contribution in [2.24, 2.45) is 0 Å².